The fraction of sp³-hybridized carbons (Fsp3) is 0.647. The monoisotopic (exact) mass is 265 g/mol. The Labute approximate surface area is 117 Å². The smallest absolute Gasteiger partial charge is 0.123 e. The van der Waals surface area contributed by atoms with Gasteiger partial charge in [0.2, 0.25) is 0 Å². The van der Waals surface area contributed by atoms with Crippen LogP contribution in [0.1, 0.15) is 57.9 Å². The van der Waals surface area contributed by atoms with Gasteiger partial charge in [0.1, 0.15) is 5.82 Å². The van der Waals surface area contributed by atoms with Crippen molar-refractivity contribution in [2.75, 3.05) is 6.54 Å². The van der Waals surface area contributed by atoms with Gasteiger partial charge in [0.25, 0.3) is 0 Å². The van der Waals surface area contributed by atoms with E-state index in [1.807, 2.05) is 6.07 Å². The molecule has 0 saturated heterocycles. The highest BCUT2D eigenvalue weighted by Crippen LogP contribution is 2.07. The summed E-state index contributed by atoms with van der Waals surface area (Å²) in [6.45, 7) is 5.49. The summed E-state index contributed by atoms with van der Waals surface area (Å²) >= 11 is 0. The Bertz CT molecular complexity index is 338. The topological polar surface area (TPSA) is 12.0 Å². The van der Waals surface area contributed by atoms with Gasteiger partial charge in [-0.2, -0.15) is 0 Å². The lowest BCUT2D eigenvalue weighted by molar-refractivity contribution is 0.510. The molecule has 1 N–H and O–H groups in total. The van der Waals surface area contributed by atoms with E-state index in [0.717, 1.165) is 18.5 Å². The van der Waals surface area contributed by atoms with Crippen molar-refractivity contribution in [2.45, 2.75) is 64.8 Å². The molecule has 2 heteroatoms. The zero-order valence-electron chi connectivity index (χ0n) is 12.4. The number of hydrogen-bond acceptors (Lipinski definition) is 1. The summed E-state index contributed by atoms with van der Waals surface area (Å²) in [5.41, 5.74) is 1.07. The Morgan fingerprint density at radius 3 is 2.58 bits per heavy atom. The quantitative estimate of drug-likeness (QED) is 0.604. The highest BCUT2D eigenvalue weighted by molar-refractivity contribution is 5.17. The molecule has 108 valence electrons. The summed E-state index contributed by atoms with van der Waals surface area (Å²) in [4.78, 5) is 0. The number of hydrogen-bond donors (Lipinski definition) is 1. The van der Waals surface area contributed by atoms with Crippen LogP contribution in [0.3, 0.4) is 0 Å². The van der Waals surface area contributed by atoms with E-state index >= 15 is 0 Å². The molecule has 0 amide bonds. The molecule has 0 aromatic heterocycles. The molecule has 1 aromatic carbocycles. The first kappa shape index (κ1) is 16.2. The summed E-state index contributed by atoms with van der Waals surface area (Å²) < 4.78 is 13.1. The van der Waals surface area contributed by atoms with Crippen molar-refractivity contribution < 1.29 is 4.39 Å². The average molecular weight is 265 g/mol. The second-order valence-corrected chi connectivity index (χ2v) is 5.46. The molecule has 0 fully saturated rings. The number of unbranched alkanes of at least 4 members (excludes halogenated alkanes) is 5. The average Bonchev–Trinajstić information content (AvgIpc) is 2.37. The van der Waals surface area contributed by atoms with Gasteiger partial charge in [0.05, 0.1) is 0 Å². The Balaban J connectivity index is 2.06. The molecule has 0 aliphatic heterocycles. The zero-order valence-corrected chi connectivity index (χ0v) is 12.4. The van der Waals surface area contributed by atoms with Crippen LogP contribution in [0.4, 0.5) is 4.39 Å². The lowest BCUT2D eigenvalue weighted by Crippen LogP contribution is -2.29. The Hall–Kier alpha value is -0.890. The molecule has 0 aliphatic rings. The van der Waals surface area contributed by atoms with E-state index < -0.39 is 0 Å². The van der Waals surface area contributed by atoms with Crippen molar-refractivity contribution in [3.8, 4) is 0 Å². The van der Waals surface area contributed by atoms with Crippen LogP contribution in [0.2, 0.25) is 0 Å². The third-order valence-electron chi connectivity index (χ3n) is 3.45. The van der Waals surface area contributed by atoms with Crippen molar-refractivity contribution in [1.82, 2.24) is 5.32 Å². The van der Waals surface area contributed by atoms with Crippen molar-refractivity contribution >= 4 is 0 Å². The van der Waals surface area contributed by atoms with E-state index in [1.165, 1.54) is 44.6 Å². The predicted octanol–water partition coefficient (Wildman–Crippen LogP) is 4.71. The fourth-order valence-corrected chi connectivity index (χ4v) is 2.34. The van der Waals surface area contributed by atoms with E-state index in [0.29, 0.717) is 6.04 Å². The highest BCUT2D eigenvalue weighted by atomic mass is 19.1. The first-order valence-corrected chi connectivity index (χ1v) is 7.70. The molecule has 0 heterocycles. The van der Waals surface area contributed by atoms with Gasteiger partial charge in [0, 0.05) is 6.04 Å². The Morgan fingerprint density at radius 2 is 1.84 bits per heavy atom. The number of halogens is 1. The number of nitrogens with one attached hydrogen (secondary N) is 1. The van der Waals surface area contributed by atoms with Crippen LogP contribution in [-0.2, 0) is 6.42 Å². The van der Waals surface area contributed by atoms with Gasteiger partial charge in [0.15, 0.2) is 0 Å². The van der Waals surface area contributed by atoms with E-state index in [9.17, 15) is 4.39 Å². The molecule has 0 saturated carbocycles. The normalized spacial score (nSPS) is 12.6. The van der Waals surface area contributed by atoms with Gasteiger partial charge < -0.3 is 5.32 Å². The SMILES string of the molecule is CCCCCCCCNC(C)Cc1cccc(F)c1. The summed E-state index contributed by atoms with van der Waals surface area (Å²) in [5, 5.41) is 3.52. The lowest BCUT2D eigenvalue weighted by atomic mass is 10.1. The van der Waals surface area contributed by atoms with Crippen molar-refractivity contribution in [2.24, 2.45) is 0 Å². The molecule has 1 unspecified atom stereocenters. The molecule has 0 spiro atoms. The third kappa shape index (κ3) is 7.99. The van der Waals surface area contributed by atoms with Crippen LogP contribution < -0.4 is 5.32 Å². The molecule has 1 aromatic rings. The maximum Gasteiger partial charge on any atom is 0.123 e. The van der Waals surface area contributed by atoms with Crippen LogP contribution in [0.15, 0.2) is 24.3 Å². The van der Waals surface area contributed by atoms with Crippen molar-refractivity contribution in [3.05, 3.63) is 35.6 Å². The summed E-state index contributed by atoms with van der Waals surface area (Å²) in [6, 6.07) is 7.32. The predicted molar refractivity (Wildman–Crippen MR) is 80.9 cm³/mol. The molecule has 19 heavy (non-hydrogen) atoms. The zero-order chi connectivity index (χ0) is 13.9. The van der Waals surface area contributed by atoms with Crippen LogP contribution in [0, 0.1) is 5.82 Å². The lowest BCUT2D eigenvalue weighted by Gasteiger charge is -2.13. The molecule has 0 bridgehead atoms. The Morgan fingerprint density at radius 1 is 1.11 bits per heavy atom. The molecule has 1 nitrogen and oxygen atoms in total. The summed E-state index contributed by atoms with van der Waals surface area (Å²) in [5.74, 6) is -0.138. The highest BCUT2D eigenvalue weighted by Gasteiger charge is 2.03. The van der Waals surface area contributed by atoms with Crippen molar-refractivity contribution in [3.63, 3.8) is 0 Å². The van der Waals surface area contributed by atoms with Gasteiger partial charge in [-0.25, -0.2) is 4.39 Å². The van der Waals surface area contributed by atoms with Crippen LogP contribution in [-0.4, -0.2) is 12.6 Å². The van der Waals surface area contributed by atoms with Crippen LogP contribution in [0.25, 0.3) is 0 Å². The first-order chi connectivity index (χ1) is 9.22. The fourth-order valence-electron chi connectivity index (χ4n) is 2.34. The second kappa shape index (κ2) is 9.96. The van der Waals surface area contributed by atoms with Gasteiger partial charge in [-0.1, -0.05) is 51.2 Å². The molecule has 1 atom stereocenters. The minimum Gasteiger partial charge on any atom is -0.314 e. The number of benzene rings is 1. The molecule has 0 radical (unpaired) electrons. The van der Waals surface area contributed by atoms with Gasteiger partial charge in [-0.15, -0.1) is 0 Å². The summed E-state index contributed by atoms with van der Waals surface area (Å²) in [6.07, 6.45) is 8.86. The molecular weight excluding hydrogens is 237 g/mol. The van der Waals surface area contributed by atoms with E-state index in [1.54, 1.807) is 12.1 Å². The van der Waals surface area contributed by atoms with E-state index in [4.69, 9.17) is 0 Å². The minimum atomic E-state index is -0.138. The maximum atomic E-state index is 13.1. The molecular formula is C17H28FN. The van der Waals surface area contributed by atoms with Crippen LogP contribution in [0.5, 0.6) is 0 Å². The van der Waals surface area contributed by atoms with Gasteiger partial charge in [-0.3, -0.25) is 0 Å². The summed E-state index contributed by atoms with van der Waals surface area (Å²) in [7, 11) is 0. The number of rotatable bonds is 10. The van der Waals surface area contributed by atoms with Gasteiger partial charge >= 0.3 is 0 Å². The minimum absolute atomic E-state index is 0.138. The largest absolute Gasteiger partial charge is 0.314 e. The Kier molecular flexibility index (Phi) is 8.48. The molecule has 0 aliphatic carbocycles. The maximum absolute atomic E-state index is 13.1. The van der Waals surface area contributed by atoms with Crippen LogP contribution >= 0.6 is 0 Å². The van der Waals surface area contributed by atoms with E-state index in [-0.39, 0.29) is 5.82 Å². The molecule has 1 rings (SSSR count). The van der Waals surface area contributed by atoms with Crippen molar-refractivity contribution in [1.29, 1.82) is 0 Å². The second-order valence-electron chi connectivity index (χ2n) is 5.46. The first-order valence-electron chi connectivity index (χ1n) is 7.70. The standard InChI is InChI=1S/C17H28FN/c1-3-4-5-6-7-8-12-19-15(2)13-16-10-9-11-17(18)14-16/h9-11,14-15,19H,3-8,12-13H2,1-2H3. The van der Waals surface area contributed by atoms with Gasteiger partial charge in [-0.05, 0) is 44.0 Å². The van der Waals surface area contributed by atoms with E-state index in [2.05, 4.69) is 19.2 Å². The third-order valence-corrected chi connectivity index (χ3v) is 3.45.